The molecule has 0 radical (unpaired) electrons. The van der Waals surface area contributed by atoms with Crippen LogP contribution < -0.4 is 10.6 Å². The van der Waals surface area contributed by atoms with Gasteiger partial charge in [0, 0.05) is 12.0 Å². The summed E-state index contributed by atoms with van der Waals surface area (Å²) >= 11 is 0. The minimum atomic E-state index is -0.419. The fourth-order valence-electron chi connectivity index (χ4n) is 2.20. The summed E-state index contributed by atoms with van der Waals surface area (Å²) in [7, 11) is 0. The molecule has 0 bridgehead atoms. The van der Waals surface area contributed by atoms with Crippen LogP contribution >= 0.6 is 0 Å². The molecule has 4 heteroatoms. The molecule has 0 unspecified atom stereocenters. The molecule has 20 heavy (non-hydrogen) atoms. The first-order valence-electron chi connectivity index (χ1n) is 7.21. The predicted octanol–water partition coefficient (Wildman–Crippen LogP) is 2.22. The van der Waals surface area contributed by atoms with E-state index < -0.39 is 5.41 Å². The Bertz CT molecular complexity index is 469. The summed E-state index contributed by atoms with van der Waals surface area (Å²) in [4.78, 5) is 11.7. The Labute approximate surface area is 120 Å². The predicted molar refractivity (Wildman–Crippen MR) is 78.0 cm³/mol. The third-order valence-electron chi connectivity index (χ3n) is 3.75. The van der Waals surface area contributed by atoms with Gasteiger partial charge in [0.15, 0.2) is 0 Å². The fraction of sp³-hybridized carbons (Fsp3) is 0.562. The lowest BCUT2D eigenvalue weighted by atomic mass is 9.84. The zero-order valence-corrected chi connectivity index (χ0v) is 12.2. The molecule has 2 rings (SSSR count). The number of carbonyl (C=O) groups is 1. The van der Waals surface area contributed by atoms with Crippen LogP contribution in [0.3, 0.4) is 0 Å². The van der Waals surface area contributed by atoms with Gasteiger partial charge in [0.05, 0.1) is 6.54 Å². The van der Waals surface area contributed by atoms with E-state index in [1.165, 1.54) is 18.9 Å². The molecule has 1 aromatic carbocycles. The minimum absolute atomic E-state index is 0.0323. The molecule has 0 spiro atoms. The van der Waals surface area contributed by atoms with Crippen molar-refractivity contribution < 1.29 is 9.18 Å². The van der Waals surface area contributed by atoms with E-state index in [1.54, 1.807) is 12.1 Å². The summed E-state index contributed by atoms with van der Waals surface area (Å²) in [5, 5.41) is 6.02. The number of hydrogen-bond acceptors (Lipinski definition) is 2. The van der Waals surface area contributed by atoms with Crippen LogP contribution in [0.4, 0.5) is 4.39 Å². The lowest BCUT2D eigenvalue weighted by molar-refractivity contribution is -0.120. The van der Waals surface area contributed by atoms with Gasteiger partial charge in [-0.05, 0) is 36.9 Å². The molecule has 0 aliphatic heterocycles. The maximum Gasteiger partial charge on any atom is 0.233 e. The summed E-state index contributed by atoms with van der Waals surface area (Å²) < 4.78 is 13.8. The van der Waals surface area contributed by atoms with Crippen LogP contribution in [0.25, 0.3) is 0 Å². The molecule has 1 saturated carbocycles. The lowest BCUT2D eigenvalue weighted by Crippen LogP contribution is -2.41. The van der Waals surface area contributed by atoms with Gasteiger partial charge < -0.3 is 10.6 Å². The third-order valence-corrected chi connectivity index (χ3v) is 3.75. The molecular weight excluding hydrogens is 255 g/mol. The van der Waals surface area contributed by atoms with E-state index in [-0.39, 0.29) is 11.7 Å². The van der Waals surface area contributed by atoms with Gasteiger partial charge in [-0.25, -0.2) is 4.39 Å². The van der Waals surface area contributed by atoms with Crippen molar-refractivity contribution in [3.8, 4) is 0 Å². The van der Waals surface area contributed by atoms with E-state index in [0.29, 0.717) is 18.7 Å². The maximum atomic E-state index is 13.8. The van der Waals surface area contributed by atoms with Crippen LogP contribution in [0.2, 0.25) is 0 Å². The molecule has 1 aromatic rings. The van der Waals surface area contributed by atoms with E-state index in [2.05, 4.69) is 10.6 Å². The molecule has 1 aliphatic carbocycles. The van der Waals surface area contributed by atoms with Crippen LogP contribution in [-0.4, -0.2) is 25.5 Å². The van der Waals surface area contributed by atoms with E-state index in [9.17, 15) is 9.18 Å². The molecule has 3 nitrogen and oxygen atoms in total. The normalized spacial score (nSPS) is 15.2. The van der Waals surface area contributed by atoms with Crippen molar-refractivity contribution in [3.05, 3.63) is 35.6 Å². The fourth-order valence-corrected chi connectivity index (χ4v) is 2.20. The molecular formula is C16H23FN2O. The van der Waals surface area contributed by atoms with Gasteiger partial charge >= 0.3 is 0 Å². The molecule has 110 valence electrons. The second-order valence-corrected chi connectivity index (χ2v) is 6.21. The largest absolute Gasteiger partial charge is 0.354 e. The zero-order chi connectivity index (χ0) is 14.6. The van der Waals surface area contributed by atoms with Crippen LogP contribution in [0, 0.1) is 11.7 Å². The number of carbonyl (C=O) groups excluding carboxylic acids is 1. The first-order chi connectivity index (χ1) is 9.49. The highest BCUT2D eigenvalue weighted by Gasteiger charge is 2.24. The number of halogens is 1. The molecule has 0 atom stereocenters. The van der Waals surface area contributed by atoms with Crippen LogP contribution in [-0.2, 0) is 10.2 Å². The van der Waals surface area contributed by atoms with E-state index in [1.807, 2.05) is 19.9 Å². The van der Waals surface area contributed by atoms with Gasteiger partial charge in [0.25, 0.3) is 0 Å². The number of amides is 1. The Morgan fingerprint density at radius 3 is 2.70 bits per heavy atom. The number of nitrogens with one attached hydrogen (secondary N) is 2. The van der Waals surface area contributed by atoms with Crippen molar-refractivity contribution in [2.24, 2.45) is 5.92 Å². The number of rotatable bonds is 7. The SMILES string of the molecule is CC(C)(CNC(=O)CNCC1CC1)c1ccccc1F. The maximum absolute atomic E-state index is 13.8. The third kappa shape index (κ3) is 4.30. The van der Waals surface area contributed by atoms with Crippen LogP contribution in [0.1, 0.15) is 32.3 Å². The Hall–Kier alpha value is -1.42. The zero-order valence-electron chi connectivity index (χ0n) is 12.2. The van der Waals surface area contributed by atoms with Crippen LogP contribution in [0.5, 0.6) is 0 Å². The second-order valence-electron chi connectivity index (χ2n) is 6.21. The highest BCUT2D eigenvalue weighted by Crippen LogP contribution is 2.27. The molecule has 1 fully saturated rings. The average Bonchev–Trinajstić information content (AvgIpc) is 3.21. The van der Waals surface area contributed by atoms with Gasteiger partial charge in [0.2, 0.25) is 5.91 Å². The number of hydrogen-bond donors (Lipinski definition) is 2. The van der Waals surface area contributed by atoms with Gasteiger partial charge in [0.1, 0.15) is 5.82 Å². The summed E-state index contributed by atoms with van der Waals surface area (Å²) in [6, 6.07) is 6.72. The topological polar surface area (TPSA) is 41.1 Å². The van der Waals surface area contributed by atoms with Crippen molar-refractivity contribution in [1.29, 1.82) is 0 Å². The quantitative estimate of drug-likeness (QED) is 0.803. The Balaban J connectivity index is 1.79. The smallest absolute Gasteiger partial charge is 0.233 e. The first-order valence-corrected chi connectivity index (χ1v) is 7.21. The van der Waals surface area contributed by atoms with Crippen molar-refractivity contribution in [1.82, 2.24) is 10.6 Å². The highest BCUT2D eigenvalue weighted by molar-refractivity contribution is 5.78. The van der Waals surface area contributed by atoms with Crippen LogP contribution in [0.15, 0.2) is 24.3 Å². The van der Waals surface area contributed by atoms with Gasteiger partial charge in [-0.15, -0.1) is 0 Å². The molecule has 0 heterocycles. The molecule has 1 amide bonds. The first kappa shape index (κ1) is 15.0. The van der Waals surface area contributed by atoms with Crippen molar-refractivity contribution in [2.75, 3.05) is 19.6 Å². The molecule has 0 saturated heterocycles. The van der Waals surface area contributed by atoms with Gasteiger partial charge in [-0.3, -0.25) is 4.79 Å². The van der Waals surface area contributed by atoms with Crippen molar-refractivity contribution in [3.63, 3.8) is 0 Å². The van der Waals surface area contributed by atoms with E-state index in [4.69, 9.17) is 0 Å². The molecule has 1 aliphatic rings. The van der Waals surface area contributed by atoms with Gasteiger partial charge in [-0.1, -0.05) is 32.0 Å². The Morgan fingerprint density at radius 2 is 2.05 bits per heavy atom. The summed E-state index contributed by atoms with van der Waals surface area (Å²) in [5.41, 5.74) is 0.212. The standard InChI is InChI=1S/C16H23FN2O/c1-16(2,13-5-3-4-6-14(13)17)11-19-15(20)10-18-9-12-7-8-12/h3-6,12,18H,7-11H2,1-2H3,(H,19,20). The summed E-state index contributed by atoms with van der Waals surface area (Å²) in [6.45, 7) is 5.55. The average molecular weight is 278 g/mol. The minimum Gasteiger partial charge on any atom is -0.354 e. The summed E-state index contributed by atoms with van der Waals surface area (Å²) in [5.74, 6) is 0.506. The lowest BCUT2D eigenvalue weighted by Gasteiger charge is -2.26. The second kappa shape index (κ2) is 6.35. The Kier molecular flexibility index (Phi) is 4.76. The summed E-state index contributed by atoms with van der Waals surface area (Å²) in [6.07, 6.45) is 2.55. The van der Waals surface area contributed by atoms with Gasteiger partial charge in [-0.2, -0.15) is 0 Å². The van der Waals surface area contributed by atoms with Crippen molar-refractivity contribution in [2.45, 2.75) is 32.1 Å². The monoisotopic (exact) mass is 278 g/mol. The molecule has 2 N–H and O–H groups in total. The van der Waals surface area contributed by atoms with Crippen molar-refractivity contribution >= 4 is 5.91 Å². The highest BCUT2D eigenvalue weighted by atomic mass is 19.1. The van der Waals surface area contributed by atoms with E-state index >= 15 is 0 Å². The Morgan fingerprint density at radius 1 is 1.35 bits per heavy atom. The molecule has 0 aromatic heterocycles. The number of benzene rings is 1. The van der Waals surface area contributed by atoms with E-state index in [0.717, 1.165) is 12.5 Å².